The highest BCUT2D eigenvalue weighted by molar-refractivity contribution is 5.88. The Kier molecular flexibility index (Phi) is 6.01. The van der Waals surface area contributed by atoms with Crippen LogP contribution >= 0.6 is 0 Å². The zero-order valence-corrected chi connectivity index (χ0v) is 19.6. The fourth-order valence-electron chi connectivity index (χ4n) is 5.93. The lowest BCUT2D eigenvalue weighted by Crippen LogP contribution is -2.56. The molecule has 0 saturated heterocycles. The molecule has 2 fully saturated rings. The van der Waals surface area contributed by atoms with Gasteiger partial charge >= 0.3 is 12.1 Å². The van der Waals surface area contributed by atoms with Crippen molar-refractivity contribution in [3.8, 4) is 11.1 Å². The van der Waals surface area contributed by atoms with Gasteiger partial charge < -0.3 is 25.6 Å². The number of hydrogen-bond acceptors (Lipinski definition) is 5. The minimum absolute atomic E-state index is 0.00286. The van der Waals surface area contributed by atoms with Crippen molar-refractivity contribution in [2.45, 2.75) is 43.7 Å². The van der Waals surface area contributed by atoms with Gasteiger partial charge in [0.25, 0.3) is 0 Å². The van der Waals surface area contributed by atoms with E-state index >= 15 is 0 Å². The molecule has 2 aromatic rings. The van der Waals surface area contributed by atoms with E-state index in [1.807, 2.05) is 24.3 Å². The predicted molar refractivity (Wildman–Crippen MR) is 128 cm³/mol. The molecule has 8 heteroatoms. The van der Waals surface area contributed by atoms with E-state index in [4.69, 9.17) is 4.74 Å². The quantitative estimate of drug-likeness (QED) is 0.485. The largest absolute Gasteiger partial charge is 0.479 e. The van der Waals surface area contributed by atoms with E-state index in [9.17, 15) is 24.6 Å². The average Bonchev–Trinajstić information content (AvgIpc) is 3.36. The first kappa shape index (κ1) is 23.4. The summed E-state index contributed by atoms with van der Waals surface area (Å²) >= 11 is 0. The number of benzene rings is 2. The number of rotatable bonds is 7. The molecule has 0 aromatic heterocycles. The summed E-state index contributed by atoms with van der Waals surface area (Å²) in [6.45, 7) is 0.860. The van der Waals surface area contributed by atoms with Gasteiger partial charge in [0.15, 0.2) is 5.54 Å². The Labute approximate surface area is 203 Å². The van der Waals surface area contributed by atoms with Crippen LogP contribution in [0.25, 0.3) is 11.1 Å². The third-order valence-corrected chi connectivity index (χ3v) is 8.03. The lowest BCUT2D eigenvalue weighted by molar-refractivity contribution is -0.149. The Morgan fingerprint density at radius 1 is 1.00 bits per heavy atom. The molecular weight excluding hydrogens is 448 g/mol. The lowest BCUT2D eigenvalue weighted by atomic mass is 9.71. The molecule has 0 aliphatic heterocycles. The standard InChI is InChI=1S/C27H30N2O6/c1-27(14-30,25(32)33)29-24(31)16-10-15-12-23(21(15)11-16)28-26(34)35-13-22-19-8-4-2-6-17(19)18-7-3-5-9-20(18)22/h2-9,15-16,21-23,30H,10-14H2,1H3,(H,28,34)(H,29,31)(H,32,33). The molecule has 184 valence electrons. The molecule has 5 atom stereocenters. The number of hydrogen-bond donors (Lipinski definition) is 4. The van der Waals surface area contributed by atoms with Crippen LogP contribution in [0.3, 0.4) is 0 Å². The van der Waals surface area contributed by atoms with Gasteiger partial charge in [-0.15, -0.1) is 0 Å². The van der Waals surface area contributed by atoms with Crippen LogP contribution in [-0.4, -0.2) is 53.0 Å². The highest BCUT2D eigenvalue weighted by atomic mass is 16.5. The number of carbonyl (C=O) groups excluding carboxylic acids is 2. The molecule has 4 N–H and O–H groups in total. The topological polar surface area (TPSA) is 125 Å². The normalized spacial score (nSPS) is 25.9. The van der Waals surface area contributed by atoms with Gasteiger partial charge in [-0.2, -0.15) is 0 Å². The second kappa shape index (κ2) is 9.00. The Hall–Kier alpha value is -3.39. The van der Waals surface area contributed by atoms with E-state index in [-0.39, 0.29) is 36.3 Å². The van der Waals surface area contributed by atoms with Gasteiger partial charge in [0.2, 0.25) is 5.91 Å². The second-order valence-corrected chi connectivity index (χ2v) is 10.2. The molecule has 5 rings (SSSR count). The second-order valence-electron chi connectivity index (χ2n) is 10.2. The number of alkyl carbamates (subject to hydrolysis) is 1. The van der Waals surface area contributed by atoms with Crippen LogP contribution < -0.4 is 10.6 Å². The van der Waals surface area contributed by atoms with Crippen molar-refractivity contribution in [1.82, 2.24) is 10.6 Å². The number of aliphatic hydroxyl groups is 1. The number of carboxylic acids is 1. The number of amides is 2. The zero-order chi connectivity index (χ0) is 24.7. The van der Waals surface area contributed by atoms with Crippen LogP contribution in [0.2, 0.25) is 0 Å². The van der Waals surface area contributed by atoms with Crippen molar-refractivity contribution in [3.05, 3.63) is 59.7 Å². The van der Waals surface area contributed by atoms with Crippen LogP contribution in [0.15, 0.2) is 48.5 Å². The lowest BCUT2D eigenvalue weighted by Gasteiger charge is -2.40. The highest BCUT2D eigenvalue weighted by Crippen LogP contribution is 2.50. The van der Waals surface area contributed by atoms with E-state index in [2.05, 4.69) is 34.9 Å². The van der Waals surface area contributed by atoms with E-state index in [0.29, 0.717) is 18.8 Å². The third-order valence-electron chi connectivity index (χ3n) is 8.03. The maximum atomic E-state index is 12.6. The smallest absolute Gasteiger partial charge is 0.407 e. The van der Waals surface area contributed by atoms with Gasteiger partial charge in [-0.05, 0) is 60.3 Å². The minimum Gasteiger partial charge on any atom is -0.479 e. The van der Waals surface area contributed by atoms with Gasteiger partial charge in [-0.1, -0.05) is 48.5 Å². The molecule has 3 aliphatic rings. The van der Waals surface area contributed by atoms with Crippen LogP contribution in [0, 0.1) is 17.8 Å². The minimum atomic E-state index is -1.70. The molecule has 0 heterocycles. The van der Waals surface area contributed by atoms with Crippen LogP contribution in [0.1, 0.15) is 43.2 Å². The first-order valence-electron chi connectivity index (χ1n) is 12.1. The van der Waals surface area contributed by atoms with Gasteiger partial charge in [0.1, 0.15) is 6.61 Å². The van der Waals surface area contributed by atoms with Crippen molar-refractivity contribution in [1.29, 1.82) is 0 Å². The summed E-state index contributed by atoms with van der Waals surface area (Å²) in [6.07, 6.45) is 1.54. The molecule has 2 aromatic carbocycles. The Morgan fingerprint density at radius 3 is 2.23 bits per heavy atom. The molecule has 3 aliphatic carbocycles. The number of fused-ring (bicyclic) bond motifs is 4. The summed E-state index contributed by atoms with van der Waals surface area (Å²) in [4.78, 5) is 36.6. The summed E-state index contributed by atoms with van der Waals surface area (Å²) in [5, 5.41) is 24.1. The first-order chi connectivity index (χ1) is 16.8. The molecule has 35 heavy (non-hydrogen) atoms. The van der Waals surface area contributed by atoms with Crippen molar-refractivity contribution in [2.75, 3.05) is 13.2 Å². The molecule has 5 unspecified atom stereocenters. The zero-order valence-electron chi connectivity index (χ0n) is 19.6. The molecule has 0 bridgehead atoms. The Morgan fingerprint density at radius 2 is 1.63 bits per heavy atom. The molecule has 8 nitrogen and oxygen atoms in total. The molecule has 0 spiro atoms. The predicted octanol–water partition coefficient (Wildman–Crippen LogP) is 2.89. The maximum Gasteiger partial charge on any atom is 0.407 e. The van der Waals surface area contributed by atoms with Crippen molar-refractivity contribution in [3.63, 3.8) is 0 Å². The summed E-state index contributed by atoms with van der Waals surface area (Å²) < 4.78 is 5.65. The van der Waals surface area contributed by atoms with E-state index < -0.39 is 24.2 Å². The molecule has 2 amide bonds. The Bertz CT molecular complexity index is 1120. The van der Waals surface area contributed by atoms with E-state index in [1.54, 1.807) is 0 Å². The van der Waals surface area contributed by atoms with Crippen molar-refractivity contribution in [2.24, 2.45) is 17.8 Å². The molecule has 0 radical (unpaired) electrons. The number of aliphatic hydroxyl groups excluding tert-OH is 1. The highest BCUT2D eigenvalue weighted by Gasteiger charge is 2.51. The summed E-state index contributed by atoms with van der Waals surface area (Å²) in [6, 6.07) is 16.3. The van der Waals surface area contributed by atoms with Gasteiger partial charge in [0, 0.05) is 17.9 Å². The monoisotopic (exact) mass is 478 g/mol. The van der Waals surface area contributed by atoms with Crippen molar-refractivity contribution < 1.29 is 29.3 Å². The fourth-order valence-corrected chi connectivity index (χ4v) is 5.93. The summed E-state index contributed by atoms with van der Waals surface area (Å²) in [5.41, 5.74) is 2.97. The van der Waals surface area contributed by atoms with Gasteiger partial charge in [0.05, 0.1) is 6.61 Å². The number of ether oxygens (including phenoxy) is 1. The van der Waals surface area contributed by atoms with E-state index in [0.717, 1.165) is 17.5 Å². The van der Waals surface area contributed by atoms with E-state index in [1.165, 1.54) is 18.1 Å². The van der Waals surface area contributed by atoms with Gasteiger partial charge in [-0.25, -0.2) is 9.59 Å². The van der Waals surface area contributed by atoms with Crippen LogP contribution in [0.4, 0.5) is 4.79 Å². The number of carboxylic acid groups (broad SMARTS) is 1. The Balaban J connectivity index is 1.15. The third kappa shape index (κ3) is 4.16. The van der Waals surface area contributed by atoms with Crippen LogP contribution in [0.5, 0.6) is 0 Å². The first-order valence-corrected chi connectivity index (χ1v) is 12.1. The SMILES string of the molecule is CC(CO)(NC(=O)C1CC2CC(NC(=O)OCC3c4ccccc4-c4ccccc43)C2C1)C(=O)O. The average molecular weight is 479 g/mol. The molecule has 2 saturated carbocycles. The molecular formula is C27H30N2O6. The number of aliphatic carboxylic acids is 1. The summed E-state index contributed by atoms with van der Waals surface area (Å²) in [5.74, 6) is -1.49. The fraction of sp³-hybridized carbons (Fsp3) is 0.444. The van der Waals surface area contributed by atoms with Crippen molar-refractivity contribution >= 4 is 18.0 Å². The van der Waals surface area contributed by atoms with Crippen LogP contribution in [-0.2, 0) is 14.3 Å². The number of nitrogens with one attached hydrogen (secondary N) is 2. The number of carbonyl (C=O) groups is 3. The maximum absolute atomic E-state index is 12.6. The summed E-state index contributed by atoms with van der Waals surface area (Å²) in [7, 11) is 0. The van der Waals surface area contributed by atoms with Gasteiger partial charge in [-0.3, -0.25) is 4.79 Å².